The third-order valence-electron chi connectivity index (χ3n) is 2.51. The first-order valence-corrected chi connectivity index (χ1v) is 5.44. The lowest BCUT2D eigenvalue weighted by atomic mass is 10.1. The molecule has 0 atom stereocenters. The van der Waals surface area contributed by atoms with Gasteiger partial charge in [-0.3, -0.25) is 0 Å². The number of anilines is 2. The maximum absolute atomic E-state index is 11.6. The number of nitrogens with two attached hydrogens (primary N) is 2. The van der Waals surface area contributed by atoms with Gasteiger partial charge in [0, 0.05) is 28.4 Å². The normalized spacial score (nSPS) is 10.3. The SMILES string of the molecule is C=C(C)C(=O)Oc1cc(N)cc2ccc(N)cc12. The molecule has 92 valence electrons. The first-order chi connectivity index (χ1) is 8.47. The van der Waals surface area contributed by atoms with Gasteiger partial charge in [0.1, 0.15) is 5.75 Å². The lowest BCUT2D eigenvalue weighted by Gasteiger charge is -2.09. The highest BCUT2D eigenvalue weighted by molar-refractivity contribution is 5.97. The number of benzene rings is 2. The molecule has 4 nitrogen and oxygen atoms in total. The maximum Gasteiger partial charge on any atom is 0.338 e. The lowest BCUT2D eigenvalue weighted by Crippen LogP contribution is -2.08. The monoisotopic (exact) mass is 242 g/mol. The minimum Gasteiger partial charge on any atom is -0.422 e. The smallest absolute Gasteiger partial charge is 0.338 e. The Balaban J connectivity index is 2.57. The summed E-state index contributed by atoms with van der Waals surface area (Å²) in [6.45, 7) is 5.13. The van der Waals surface area contributed by atoms with Crippen molar-refractivity contribution >= 4 is 28.1 Å². The van der Waals surface area contributed by atoms with Crippen LogP contribution in [0.3, 0.4) is 0 Å². The fourth-order valence-electron chi connectivity index (χ4n) is 1.63. The molecule has 0 fully saturated rings. The molecule has 0 radical (unpaired) electrons. The summed E-state index contributed by atoms with van der Waals surface area (Å²) in [6.07, 6.45) is 0. The summed E-state index contributed by atoms with van der Waals surface area (Å²) in [5.41, 5.74) is 13.0. The van der Waals surface area contributed by atoms with Gasteiger partial charge in [0.25, 0.3) is 0 Å². The summed E-state index contributed by atoms with van der Waals surface area (Å²) in [5.74, 6) is -0.0883. The van der Waals surface area contributed by atoms with Crippen LogP contribution in [0.1, 0.15) is 6.92 Å². The molecular formula is C14H14N2O2. The van der Waals surface area contributed by atoms with Crippen LogP contribution in [0.15, 0.2) is 42.5 Å². The largest absolute Gasteiger partial charge is 0.422 e. The molecule has 4 heteroatoms. The van der Waals surface area contributed by atoms with Crippen molar-refractivity contribution in [3.05, 3.63) is 42.5 Å². The minimum absolute atomic E-state index is 0.328. The number of carbonyl (C=O) groups is 1. The Morgan fingerprint density at radius 3 is 2.56 bits per heavy atom. The van der Waals surface area contributed by atoms with E-state index in [1.54, 1.807) is 31.2 Å². The Morgan fingerprint density at radius 1 is 1.17 bits per heavy atom. The van der Waals surface area contributed by atoms with Crippen molar-refractivity contribution in [2.24, 2.45) is 0 Å². The van der Waals surface area contributed by atoms with Crippen LogP contribution in [0, 0.1) is 0 Å². The molecule has 0 aromatic heterocycles. The van der Waals surface area contributed by atoms with Crippen LogP contribution >= 0.6 is 0 Å². The fraction of sp³-hybridized carbons (Fsp3) is 0.0714. The molecule has 0 saturated heterocycles. The number of hydrogen-bond acceptors (Lipinski definition) is 4. The van der Waals surface area contributed by atoms with Gasteiger partial charge in [0.15, 0.2) is 0 Å². The Hall–Kier alpha value is -2.49. The average molecular weight is 242 g/mol. The highest BCUT2D eigenvalue weighted by atomic mass is 16.5. The summed E-state index contributed by atoms with van der Waals surface area (Å²) in [6, 6.07) is 8.75. The molecule has 2 rings (SSSR count). The van der Waals surface area contributed by atoms with Gasteiger partial charge in [-0.15, -0.1) is 0 Å². The van der Waals surface area contributed by atoms with Crippen LogP contribution < -0.4 is 16.2 Å². The lowest BCUT2D eigenvalue weighted by molar-refractivity contribution is -0.129. The van der Waals surface area contributed by atoms with Crippen molar-refractivity contribution in [3.8, 4) is 5.75 Å². The summed E-state index contributed by atoms with van der Waals surface area (Å²) >= 11 is 0. The van der Waals surface area contributed by atoms with Gasteiger partial charge in [-0.1, -0.05) is 12.6 Å². The summed E-state index contributed by atoms with van der Waals surface area (Å²) < 4.78 is 5.25. The van der Waals surface area contributed by atoms with Crippen molar-refractivity contribution in [2.45, 2.75) is 6.92 Å². The van der Waals surface area contributed by atoms with E-state index >= 15 is 0 Å². The van der Waals surface area contributed by atoms with E-state index in [2.05, 4.69) is 6.58 Å². The number of fused-ring (bicyclic) bond motifs is 1. The first kappa shape index (κ1) is 12.0. The third kappa shape index (κ3) is 2.27. The molecule has 0 spiro atoms. The average Bonchev–Trinajstić information content (AvgIpc) is 2.29. The quantitative estimate of drug-likeness (QED) is 0.367. The zero-order valence-electron chi connectivity index (χ0n) is 10.1. The van der Waals surface area contributed by atoms with E-state index in [9.17, 15) is 4.79 Å². The molecule has 0 unspecified atom stereocenters. The van der Waals surface area contributed by atoms with Gasteiger partial charge in [0.05, 0.1) is 0 Å². The van der Waals surface area contributed by atoms with Crippen molar-refractivity contribution in [1.29, 1.82) is 0 Å². The van der Waals surface area contributed by atoms with Gasteiger partial charge in [-0.2, -0.15) is 0 Å². The van der Waals surface area contributed by atoms with E-state index in [1.807, 2.05) is 6.07 Å². The standard InChI is InChI=1S/C14H14N2O2/c1-8(2)14(17)18-13-7-11(16)5-9-3-4-10(15)6-12(9)13/h3-7H,1,15-16H2,2H3. The zero-order chi connectivity index (χ0) is 13.3. The molecule has 0 saturated carbocycles. The predicted molar refractivity (Wildman–Crippen MR) is 73.2 cm³/mol. The minimum atomic E-state index is -0.482. The van der Waals surface area contributed by atoms with Crippen molar-refractivity contribution in [2.75, 3.05) is 11.5 Å². The number of nitrogen functional groups attached to an aromatic ring is 2. The second-order valence-electron chi connectivity index (χ2n) is 4.17. The number of rotatable bonds is 2. The van der Waals surface area contributed by atoms with Crippen LogP contribution in [0.4, 0.5) is 11.4 Å². The van der Waals surface area contributed by atoms with Crippen LogP contribution in [0.2, 0.25) is 0 Å². The van der Waals surface area contributed by atoms with E-state index in [0.29, 0.717) is 22.7 Å². The molecule has 2 aromatic carbocycles. The molecule has 4 N–H and O–H groups in total. The van der Waals surface area contributed by atoms with E-state index in [0.717, 1.165) is 10.8 Å². The molecule has 0 aliphatic heterocycles. The molecule has 0 bridgehead atoms. The Labute approximate surface area is 105 Å². The highest BCUT2D eigenvalue weighted by Gasteiger charge is 2.10. The number of hydrogen-bond donors (Lipinski definition) is 2. The van der Waals surface area contributed by atoms with Crippen molar-refractivity contribution in [1.82, 2.24) is 0 Å². The second kappa shape index (κ2) is 4.41. The molecule has 0 heterocycles. The second-order valence-corrected chi connectivity index (χ2v) is 4.17. The van der Waals surface area contributed by atoms with Crippen LogP contribution in [-0.4, -0.2) is 5.97 Å². The van der Waals surface area contributed by atoms with E-state index in [1.165, 1.54) is 0 Å². The van der Waals surface area contributed by atoms with E-state index < -0.39 is 5.97 Å². The Morgan fingerprint density at radius 2 is 1.89 bits per heavy atom. The number of ether oxygens (including phenoxy) is 1. The van der Waals surface area contributed by atoms with Crippen molar-refractivity contribution < 1.29 is 9.53 Å². The van der Waals surface area contributed by atoms with Gasteiger partial charge in [-0.25, -0.2) is 4.79 Å². The number of carbonyl (C=O) groups excluding carboxylic acids is 1. The highest BCUT2D eigenvalue weighted by Crippen LogP contribution is 2.30. The third-order valence-corrected chi connectivity index (χ3v) is 2.51. The van der Waals surface area contributed by atoms with E-state index in [4.69, 9.17) is 16.2 Å². The molecule has 2 aromatic rings. The molecule has 0 amide bonds. The molecule has 18 heavy (non-hydrogen) atoms. The van der Waals surface area contributed by atoms with Crippen LogP contribution in [0.25, 0.3) is 10.8 Å². The van der Waals surface area contributed by atoms with Crippen LogP contribution in [0.5, 0.6) is 5.75 Å². The fourth-order valence-corrected chi connectivity index (χ4v) is 1.63. The molecule has 0 aliphatic carbocycles. The molecule has 0 aliphatic rings. The summed E-state index contributed by atoms with van der Waals surface area (Å²) in [7, 11) is 0. The Bertz CT molecular complexity index is 648. The van der Waals surface area contributed by atoms with E-state index in [-0.39, 0.29) is 0 Å². The van der Waals surface area contributed by atoms with Gasteiger partial charge in [-0.05, 0) is 30.5 Å². The number of esters is 1. The van der Waals surface area contributed by atoms with Gasteiger partial charge in [0.2, 0.25) is 0 Å². The first-order valence-electron chi connectivity index (χ1n) is 5.44. The maximum atomic E-state index is 11.6. The van der Waals surface area contributed by atoms with Gasteiger partial charge < -0.3 is 16.2 Å². The summed E-state index contributed by atoms with van der Waals surface area (Å²) in [4.78, 5) is 11.6. The molecular weight excluding hydrogens is 228 g/mol. The van der Waals surface area contributed by atoms with Crippen LogP contribution in [-0.2, 0) is 4.79 Å². The predicted octanol–water partition coefficient (Wildman–Crippen LogP) is 2.49. The summed E-state index contributed by atoms with van der Waals surface area (Å²) in [5, 5.41) is 1.62. The van der Waals surface area contributed by atoms with Gasteiger partial charge >= 0.3 is 5.97 Å². The topological polar surface area (TPSA) is 78.3 Å². The Kier molecular flexibility index (Phi) is 2.93. The van der Waals surface area contributed by atoms with Crippen molar-refractivity contribution in [3.63, 3.8) is 0 Å². The zero-order valence-corrected chi connectivity index (χ0v) is 10.1.